The van der Waals surface area contributed by atoms with Crippen molar-refractivity contribution in [3.05, 3.63) is 47.7 Å². The van der Waals surface area contributed by atoms with Gasteiger partial charge in [0.1, 0.15) is 0 Å². The lowest BCUT2D eigenvalue weighted by atomic mass is 9.41. The maximum Gasteiger partial charge on any atom is 0.163 e. The minimum atomic E-state index is -1.05. The molecule has 3 aliphatic rings. The molecule has 26 heavy (non-hydrogen) atoms. The van der Waals surface area contributed by atoms with E-state index < -0.39 is 16.4 Å². The van der Waals surface area contributed by atoms with Gasteiger partial charge < -0.3 is 10.1 Å². The van der Waals surface area contributed by atoms with Gasteiger partial charge in [0.05, 0.1) is 11.0 Å². The van der Waals surface area contributed by atoms with E-state index in [0.29, 0.717) is 12.3 Å². The molecule has 3 nitrogen and oxygen atoms in total. The highest BCUT2D eigenvalue weighted by molar-refractivity contribution is 5.97. The lowest BCUT2D eigenvalue weighted by Gasteiger charge is -2.64. The summed E-state index contributed by atoms with van der Waals surface area (Å²) in [6, 6.07) is 8.49. The van der Waals surface area contributed by atoms with Gasteiger partial charge in [0.15, 0.2) is 5.78 Å². The van der Waals surface area contributed by atoms with E-state index in [2.05, 4.69) is 43.1 Å². The highest BCUT2D eigenvalue weighted by Crippen LogP contribution is 2.68. The molecule has 0 spiro atoms. The monoisotopic (exact) mass is 349 g/mol. The summed E-state index contributed by atoms with van der Waals surface area (Å²) in [7, 11) is 0. The average Bonchev–Trinajstić information content (AvgIpc) is 3.11. The van der Waals surface area contributed by atoms with Crippen molar-refractivity contribution in [3.8, 4) is 0 Å². The Balaban J connectivity index is 1.81. The molecule has 2 N–H and O–H groups in total. The number of carbonyl (C=O) groups is 1. The van der Waals surface area contributed by atoms with Gasteiger partial charge >= 0.3 is 0 Å². The highest BCUT2D eigenvalue weighted by Gasteiger charge is 2.71. The Labute approximate surface area is 154 Å². The number of aromatic nitrogens is 1. The number of allylic oxidation sites excluding steroid dienone is 1. The van der Waals surface area contributed by atoms with E-state index in [9.17, 15) is 9.90 Å². The van der Waals surface area contributed by atoms with Crippen LogP contribution in [-0.4, -0.2) is 21.5 Å². The van der Waals surface area contributed by atoms with Crippen LogP contribution in [0.5, 0.6) is 0 Å². The van der Waals surface area contributed by atoms with Gasteiger partial charge in [-0.3, -0.25) is 4.79 Å². The van der Waals surface area contributed by atoms with Crippen LogP contribution in [0.2, 0.25) is 0 Å². The molecular formula is C23H27NO2. The number of carbonyl (C=O) groups excluding carboxylic acids is 1. The minimum Gasteiger partial charge on any atom is -0.388 e. The molecule has 136 valence electrons. The second-order valence-electron chi connectivity index (χ2n) is 9.55. The van der Waals surface area contributed by atoms with Gasteiger partial charge in [-0.15, -0.1) is 0 Å². The van der Waals surface area contributed by atoms with Crippen LogP contribution in [0.15, 0.2) is 36.4 Å². The predicted octanol–water partition coefficient (Wildman–Crippen LogP) is 4.29. The first kappa shape index (κ1) is 16.3. The number of aliphatic hydroxyl groups is 1. The molecule has 0 aliphatic heterocycles. The van der Waals surface area contributed by atoms with Gasteiger partial charge in [0.25, 0.3) is 0 Å². The Morgan fingerprint density at radius 2 is 1.88 bits per heavy atom. The van der Waals surface area contributed by atoms with Crippen LogP contribution in [-0.2, 0) is 16.6 Å². The summed E-state index contributed by atoms with van der Waals surface area (Å²) < 4.78 is 0. The largest absolute Gasteiger partial charge is 0.388 e. The zero-order valence-electron chi connectivity index (χ0n) is 16.0. The summed E-state index contributed by atoms with van der Waals surface area (Å²) in [6.45, 7) is 8.31. The van der Waals surface area contributed by atoms with Gasteiger partial charge in [-0.05, 0) is 56.7 Å². The summed E-state index contributed by atoms with van der Waals surface area (Å²) in [5.41, 5.74) is 1.30. The molecule has 1 aromatic heterocycles. The molecule has 0 unspecified atom stereocenters. The summed E-state index contributed by atoms with van der Waals surface area (Å²) >= 11 is 0. The Hall–Kier alpha value is -1.87. The maximum atomic E-state index is 12.6. The number of aromatic amines is 1. The molecule has 0 bridgehead atoms. The molecule has 0 radical (unpaired) electrons. The third kappa shape index (κ3) is 1.46. The Kier molecular flexibility index (Phi) is 2.83. The molecule has 3 heteroatoms. The van der Waals surface area contributed by atoms with Gasteiger partial charge in [0, 0.05) is 27.4 Å². The van der Waals surface area contributed by atoms with E-state index in [1.807, 2.05) is 19.9 Å². The van der Waals surface area contributed by atoms with Crippen LogP contribution < -0.4 is 0 Å². The second kappa shape index (κ2) is 4.51. The topological polar surface area (TPSA) is 53.1 Å². The van der Waals surface area contributed by atoms with Gasteiger partial charge in [0.2, 0.25) is 0 Å². The van der Waals surface area contributed by atoms with E-state index in [0.717, 1.165) is 12.8 Å². The molecule has 5 rings (SSSR count). The van der Waals surface area contributed by atoms with E-state index in [1.54, 1.807) is 6.08 Å². The molecule has 0 amide bonds. The molecule has 1 saturated carbocycles. The number of benzene rings is 1. The number of ketones is 1. The zero-order chi connectivity index (χ0) is 18.5. The normalized spacial score (nSPS) is 40.3. The van der Waals surface area contributed by atoms with Crippen LogP contribution in [0.25, 0.3) is 10.9 Å². The van der Waals surface area contributed by atoms with E-state index in [4.69, 9.17) is 0 Å². The van der Waals surface area contributed by atoms with Crippen LogP contribution in [0.4, 0.5) is 0 Å². The highest BCUT2D eigenvalue weighted by atomic mass is 16.3. The summed E-state index contributed by atoms with van der Waals surface area (Å²) in [4.78, 5) is 16.3. The first-order valence-electron chi connectivity index (χ1n) is 9.73. The minimum absolute atomic E-state index is 0.0365. The van der Waals surface area contributed by atoms with Gasteiger partial charge in [-0.25, -0.2) is 0 Å². The van der Waals surface area contributed by atoms with Crippen molar-refractivity contribution >= 4 is 16.7 Å². The van der Waals surface area contributed by atoms with Crippen molar-refractivity contribution in [2.24, 2.45) is 16.7 Å². The number of H-pyrrole nitrogens is 1. The molecule has 0 saturated heterocycles. The van der Waals surface area contributed by atoms with Crippen LogP contribution >= 0.6 is 0 Å². The number of para-hydroxylation sites is 1. The van der Waals surface area contributed by atoms with Crippen molar-refractivity contribution < 1.29 is 9.90 Å². The van der Waals surface area contributed by atoms with Crippen molar-refractivity contribution in [2.75, 3.05) is 0 Å². The Morgan fingerprint density at radius 1 is 1.15 bits per heavy atom. The molecule has 2 aromatic rings. The van der Waals surface area contributed by atoms with Crippen molar-refractivity contribution in [3.63, 3.8) is 0 Å². The summed E-state index contributed by atoms with van der Waals surface area (Å²) in [5, 5.41) is 13.3. The van der Waals surface area contributed by atoms with Crippen molar-refractivity contribution in [1.29, 1.82) is 0 Å². The number of nitrogens with one attached hydrogen (secondary N) is 1. The fourth-order valence-corrected chi connectivity index (χ4v) is 6.58. The lowest BCUT2D eigenvalue weighted by Crippen LogP contribution is -2.70. The lowest BCUT2D eigenvalue weighted by molar-refractivity contribution is -0.202. The molecule has 1 heterocycles. The fraction of sp³-hybridized carbons (Fsp3) is 0.522. The second-order valence-corrected chi connectivity index (χ2v) is 9.55. The standard InChI is InChI=1S/C23H27NO2/c1-20(2)18(25)10-11-21(3)22(4)14(9-12-23(20,21)26)13-16-15-7-5-6-8-17(15)24-19(16)22/h5-8,10-11,14,24,26H,9,12-13H2,1-4H3/t14-,21-,22-,23+/m0/s1. The predicted molar refractivity (Wildman–Crippen MR) is 103 cm³/mol. The number of hydrogen-bond acceptors (Lipinski definition) is 2. The third-order valence-corrected chi connectivity index (χ3v) is 8.61. The quantitative estimate of drug-likeness (QED) is 0.745. The Bertz CT molecular complexity index is 983. The van der Waals surface area contributed by atoms with E-state index >= 15 is 0 Å². The molecular weight excluding hydrogens is 322 g/mol. The van der Waals surface area contributed by atoms with E-state index in [-0.39, 0.29) is 11.2 Å². The molecule has 1 aromatic carbocycles. The first-order valence-corrected chi connectivity index (χ1v) is 9.73. The smallest absolute Gasteiger partial charge is 0.163 e. The summed E-state index contributed by atoms with van der Waals surface area (Å²) in [5.74, 6) is 0.515. The summed E-state index contributed by atoms with van der Waals surface area (Å²) in [6.07, 6.45) is 6.42. The van der Waals surface area contributed by atoms with Gasteiger partial charge in [-0.2, -0.15) is 0 Å². The average molecular weight is 349 g/mol. The molecule has 3 aliphatic carbocycles. The zero-order valence-corrected chi connectivity index (χ0v) is 16.0. The van der Waals surface area contributed by atoms with Crippen molar-refractivity contribution in [2.45, 2.75) is 58.0 Å². The number of hydrogen-bond donors (Lipinski definition) is 2. The van der Waals surface area contributed by atoms with Gasteiger partial charge in [-0.1, -0.05) is 38.1 Å². The number of rotatable bonds is 0. The first-order chi connectivity index (χ1) is 12.2. The van der Waals surface area contributed by atoms with Crippen LogP contribution in [0.3, 0.4) is 0 Å². The Morgan fingerprint density at radius 3 is 2.65 bits per heavy atom. The van der Waals surface area contributed by atoms with Crippen LogP contribution in [0, 0.1) is 16.7 Å². The third-order valence-electron chi connectivity index (χ3n) is 8.61. The SMILES string of the molecule is CC1(C)C(=O)C=C[C@]2(C)[C@@]1(O)CC[C@H]1Cc3c([nH]c4ccccc34)[C@]12C. The maximum absolute atomic E-state index is 12.6. The van der Waals surface area contributed by atoms with E-state index in [1.165, 1.54) is 22.2 Å². The number of fused-ring (bicyclic) bond motifs is 7. The van der Waals surface area contributed by atoms with Crippen molar-refractivity contribution in [1.82, 2.24) is 4.98 Å². The molecule has 1 fully saturated rings. The van der Waals surface area contributed by atoms with Crippen LogP contribution in [0.1, 0.15) is 51.8 Å². The fourth-order valence-electron chi connectivity index (χ4n) is 6.58. The molecule has 4 atom stereocenters.